The Bertz CT molecular complexity index is 497. The van der Waals surface area contributed by atoms with E-state index in [2.05, 4.69) is 36.8 Å². The number of nitrogens with one attached hydrogen (secondary N) is 3. The van der Waals surface area contributed by atoms with E-state index in [-0.39, 0.29) is 0 Å². The standard InChI is InChI=1S/C11H18N6S/c1-12-11-16-9(13-5-3-4-6-18-2)8-10(17-11)15-7-14-8/h7H,3-6H2,1-2H3,(H3,12,13,14,15,16,17). The molecule has 18 heavy (non-hydrogen) atoms. The van der Waals surface area contributed by atoms with E-state index < -0.39 is 0 Å². The van der Waals surface area contributed by atoms with E-state index in [1.807, 2.05) is 11.8 Å². The Labute approximate surface area is 110 Å². The molecule has 0 aliphatic heterocycles. The summed E-state index contributed by atoms with van der Waals surface area (Å²) >= 11 is 1.88. The summed E-state index contributed by atoms with van der Waals surface area (Å²) in [5, 5.41) is 6.28. The maximum absolute atomic E-state index is 4.40. The lowest BCUT2D eigenvalue weighted by Crippen LogP contribution is -2.07. The van der Waals surface area contributed by atoms with Crippen molar-refractivity contribution in [3.05, 3.63) is 6.33 Å². The molecule has 0 fully saturated rings. The van der Waals surface area contributed by atoms with Gasteiger partial charge in [0.05, 0.1) is 6.33 Å². The summed E-state index contributed by atoms with van der Waals surface area (Å²) in [5.74, 6) is 2.60. The molecule has 0 saturated carbocycles. The van der Waals surface area contributed by atoms with E-state index in [1.165, 1.54) is 12.2 Å². The highest BCUT2D eigenvalue weighted by molar-refractivity contribution is 7.98. The van der Waals surface area contributed by atoms with Crippen LogP contribution in [0.2, 0.25) is 0 Å². The molecule has 3 N–H and O–H groups in total. The van der Waals surface area contributed by atoms with Gasteiger partial charge in [0, 0.05) is 13.6 Å². The fourth-order valence-electron chi connectivity index (χ4n) is 1.65. The Morgan fingerprint density at radius 3 is 3.00 bits per heavy atom. The monoisotopic (exact) mass is 266 g/mol. The van der Waals surface area contributed by atoms with Crippen molar-refractivity contribution in [1.29, 1.82) is 0 Å². The minimum atomic E-state index is 0.584. The van der Waals surface area contributed by atoms with Crippen molar-refractivity contribution in [3.8, 4) is 0 Å². The second-order valence-electron chi connectivity index (χ2n) is 3.87. The van der Waals surface area contributed by atoms with Gasteiger partial charge < -0.3 is 15.6 Å². The minimum Gasteiger partial charge on any atom is -0.368 e. The second-order valence-corrected chi connectivity index (χ2v) is 4.86. The van der Waals surface area contributed by atoms with E-state index in [9.17, 15) is 0 Å². The lowest BCUT2D eigenvalue weighted by Gasteiger charge is -2.07. The van der Waals surface area contributed by atoms with Crippen LogP contribution in [0.3, 0.4) is 0 Å². The van der Waals surface area contributed by atoms with E-state index in [4.69, 9.17) is 0 Å². The normalized spacial score (nSPS) is 10.8. The fraction of sp³-hybridized carbons (Fsp3) is 0.545. The quantitative estimate of drug-likeness (QED) is 0.665. The van der Waals surface area contributed by atoms with E-state index >= 15 is 0 Å². The van der Waals surface area contributed by atoms with Crippen molar-refractivity contribution in [2.75, 3.05) is 36.2 Å². The number of imidazole rings is 1. The molecular weight excluding hydrogens is 248 g/mol. The van der Waals surface area contributed by atoms with E-state index in [0.29, 0.717) is 11.6 Å². The molecule has 0 aliphatic carbocycles. The number of anilines is 2. The molecule has 0 spiro atoms. The Kier molecular flexibility index (Phi) is 4.63. The predicted octanol–water partition coefficient (Wildman–Crippen LogP) is 1.95. The summed E-state index contributed by atoms with van der Waals surface area (Å²) < 4.78 is 0. The van der Waals surface area contributed by atoms with Crippen molar-refractivity contribution >= 4 is 34.7 Å². The third kappa shape index (κ3) is 3.04. The first-order chi connectivity index (χ1) is 8.85. The molecule has 0 aromatic carbocycles. The topological polar surface area (TPSA) is 78.5 Å². The molecule has 0 aliphatic rings. The number of rotatable bonds is 7. The van der Waals surface area contributed by atoms with Gasteiger partial charge in [0.2, 0.25) is 5.95 Å². The van der Waals surface area contributed by atoms with E-state index in [0.717, 1.165) is 24.3 Å². The highest BCUT2D eigenvalue weighted by Gasteiger charge is 2.08. The average Bonchev–Trinajstić information content (AvgIpc) is 2.86. The number of aromatic amines is 1. The summed E-state index contributed by atoms with van der Waals surface area (Å²) in [6, 6.07) is 0. The molecule has 0 unspecified atom stereocenters. The summed E-state index contributed by atoms with van der Waals surface area (Å²) in [6.07, 6.45) is 6.11. The van der Waals surface area contributed by atoms with Crippen molar-refractivity contribution < 1.29 is 0 Å². The zero-order valence-corrected chi connectivity index (χ0v) is 11.5. The molecule has 0 atom stereocenters. The number of H-pyrrole nitrogens is 1. The van der Waals surface area contributed by atoms with Gasteiger partial charge in [-0.25, -0.2) is 4.98 Å². The number of unbranched alkanes of at least 4 members (excludes halogenated alkanes) is 1. The summed E-state index contributed by atoms with van der Waals surface area (Å²) in [5.41, 5.74) is 1.54. The van der Waals surface area contributed by atoms with Crippen molar-refractivity contribution in [3.63, 3.8) is 0 Å². The average molecular weight is 266 g/mol. The highest BCUT2D eigenvalue weighted by Crippen LogP contribution is 2.18. The first-order valence-electron chi connectivity index (χ1n) is 5.97. The number of aromatic nitrogens is 4. The number of hydrogen-bond donors (Lipinski definition) is 3. The van der Waals surface area contributed by atoms with Crippen molar-refractivity contribution in [2.45, 2.75) is 12.8 Å². The molecular formula is C11H18N6S. The molecule has 0 bridgehead atoms. The molecule has 6 nitrogen and oxygen atoms in total. The lowest BCUT2D eigenvalue weighted by atomic mass is 10.3. The molecule has 2 aromatic rings. The highest BCUT2D eigenvalue weighted by atomic mass is 32.2. The zero-order valence-electron chi connectivity index (χ0n) is 10.7. The van der Waals surface area contributed by atoms with Crippen LogP contribution in [0.15, 0.2) is 6.33 Å². The third-order valence-electron chi connectivity index (χ3n) is 2.58. The zero-order chi connectivity index (χ0) is 12.8. The molecule has 2 aromatic heterocycles. The maximum atomic E-state index is 4.40. The van der Waals surface area contributed by atoms with Gasteiger partial charge in [-0.1, -0.05) is 0 Å². The Morgan fingerprint density at radius 2 is 2.22 bits per heavy atom. The smallest absolute Gasteiger partial charge is 0.226 e. The van der Waals surface area contributed by atoms with Gasteiger partial charge in [0.1, 0.15) is 5.52 Å². The number of nitrogens with zero attached hydrogens (tertiary/aromatic N) is 3. The third-order valence-corrected chi connectivity index (χ3v) is 3.27. The van der Waals surface area contributed by atoms with Gasteiger partial charge in [0.15, 0.2) is 11.5 Å². The molecule has 0 saturated heterocycles. The summed E-state index contributed by atoms with van der Waals surface area (Å²) in [6.45, 7) is 0.912. The van der Waals surface area contributed by atoms with Gasteiger partial charge >= 0.3 is 0 Å². The van der Waals surface area contributed by atoms with Crippen LogP contribution >= 0.6 is 11.8 Å². The molecule has 2 heterocycles. The SMILES string of the molecule is CNc1nc(NCCCCSC)c2[nH]cnc2n1. The Hall–Kier alpha value is -1.50. The Balaban J connectivity index is 2.04. The van der Waals surface area contributed by atoms with Crippen LogP contribution in [0.5, 0.6) is 0 Å². The first kappa shape index (κ1) is 12.9. The molecule has 0 amide bonds. The molecule has 7 heteroatoms. The maximum Gasteiger partial charge on any atom is 0.226 e. The molecule has 98 valence electrons. The van der Waals surface area contributed by atoms with Crippen LogP contribution < -0.4 is 10.6 Å². The summed E-state index contributed by atoms with van der Waals surface area (Å²) in [7, 11) is 1.80. The van der Waals surface area contributed by atoms with Crippen LogP contribution in [0.25, 0.3) is 11.2 Å². The fourth-order valence-corrected chi connectivity index (χ4v) is 2.14. The van der Waals surface area contributed by atoms with Crippen molar-refractivity contribution in [2.24, 2.45) is 0 Å². The van der Waals surface area contributed by atoms with Crippen LogP contribution in [0, 0.1) is 0 Å². The van der Waals surface area contributed by atoms with Crippen LogP contribution in [-0.4, -0.2) is 45.5 Å². The van der Waals surface area contributed by atoms with Gasteiger partial charge in [0.25, 0.3) is 0 Å². The van der Waals surface area contributed by atoms with Gasteiger partial charge in [-0.3, -0.25) is 0 Å². The van der Waals surface area contributed by atoms with Gasteiger partial charge in [-0.2, -0.15) is 21.7 Å². The van der Waals surface area contributed by atoms with Gasteiger partial charge in [-0.15, -0.1) is 0 Å². The minimum absolute atomic E-state index is 0.584. The lowest BCUT2D eigenvalue weighted by molar-refractivity contribution is 0.840. The number of hydrogen-bond acceptors (Lipinski definition) is 6. The largest absolute Gasteiger partial charge is 0.368 e. The second kappa shape index (κ2) is 6.44. The predicted molar refractivity (Wildman–Crippen MR) is 77.3 cm³/mol. The van der Waals surface area contributed by atoms with E-state index in [1.54, 1.807) is 13.4 Å². The van der Waals surface area contributed by atoms with Crippen molar-refractivity contribution in [1.82, 2.24) is 19.9 Å². The summed E-state index contributed by atoms with van der Waals surface area (Å²) in [4.78, 5) is 15.9. The number of fused-ring (bicyclic) bond motifs is 1. The van der Waals surface area contributed by atoms with Crippen LogP contribution in [0.1, 0.15) is 12.8 Å². The number of thioether (sulfide) groups is 1. The van der Waals surface area contributed by atoms with Gasteiger partial charge in [-0.05, 0) is 24.9 Å². The first-order valence-corrected chi connectivity index (χ1v) is 7.36. The molecule has 0 radical (unpaired) electrons. The van der Waals surface area contributed by atoms with Crippen LogP contribution in [-0.2, 0) is 0 Å². The Morgan fingerprint density at radius 1 is 1.33 bits per heavy atom. The molecule has 2 rings (SSSR count). The van der Waals surface area contributed by atoms with Crippen LogP contribution in [0.4, 0.5) is 11.8 Å².